The third-order valence-electron chi connectivity index (χ3n) is 3.66. The monoisotopic (exact) mass is 415 g/mol. The third kappa shape index (κ3) is 3.77. The number of benzene rings is 1. The lowest BCUT2D eigenvalue weighted by Gasteiger charge is -2.13. The number of hydrogen-bond acceptors (Lipinski definition) is 3. The summed E-state index contributed by atoms with van der Waals surface area (Å²) in [5.74, 6) is -1.90. The van der Waals surface area contributed by atoms with Gasteiger partial charge >= 0.3 is 12.1 Å². The minimum absolute atomic E-state index is 0.170. The Morgan fingerprint density at radius 1 is 1.15 bits per heavy atom. The highest BCUT2D eigenvalue weighted by molar-refractivity contribution is 6.42. The number of nitrogens with zero attached hydrogens (tertiary/aromatic N) is 3. The van der Waals surface area contributed by atoms with Crippen molar-refractivity contribution >= 4 is 29.2 Å². The maximum Gasteiger partial charge on any atom is 0.434 e. The topological polar surface area (TPSA) is 68.0 Å². The van der Waals surface area contributed by atoms with E-state index in [0.29, 0.717) is 32.7 Å². The largest absolute Gasteiger partial charge is 0.478 e. The van der Waals surface area contributed by atoms with Crippen LogP contribution in [-0.2, 0) is 6.18 Å². The average Bonchev–Trinajstić information content (AvgIpc) is 3.02. The molecule has 3 aromatic rings. The highest BCUT2D eigenvalue weighted by Crippen LogP contribution is 2.34. The van der Waals surface area contributed by atoms with E-state index < -0.39 is 23.4 Å². The van der Waals surface area contributed by atoms with Crippen molar-refractivity contribution in [3.8, 4) is 17.1 Å². The summed E-state index contributed by atoms with van der Waals surface area (Å²) in [6, 6.07) is 7.72. The molecule has 2 aromatic heterocycles. The van der Waals surface area contributed by atoms with Gasteiger partial charge < -0.3 is 5.11 Å². The highest BCUT2D eigenvalue weighted by Gasteiger charge is 2.41. The zero-order valence-corrected chi connectivity index (χ0v) is 15.1. The van der Waals surface area contributed by atoms with Crippen molar-refractivity contribution in [3.63, 3.8) is 0 Å². The number of aryl methyl sites for hydroxylation is 1. The molecule has 0 fully saturated rings. The Balaban J connectivity index is 2.21. The molecule has 0 amide bonds. The predicted molar refractivity (Wildman–Crippen MR) is 93.5 cm³/mol. The fourth-order valence-electron chi connectivity index (χ4n) is 2.51. The first-order valence-corrected chi connectivity index (χ1v) is 8.16. The number of carboxylic acid groups (broad SMARTS) is 1. The number of rotatable bonds is 3. The quantitative estimate of drug-likeness (QED) is 0.632. The molecule has 0 unspecified atom stereocenters. The Labute approximate surface area is 161 Å². The van der Waals surface area contributed by atoms with Gasteiger partial charge in [0.1, 0.15) is 5.56 Å². The molecule has 0 radical (unpaired) electrons. The standard InChI is InChI=1S/C17H10Cl2F3N3O2/c1-8-4-13(9-2-3-11(18)12(19)6-9)24-14(5-8)25-15(17(20,21)22)10(7-23-25)16(26)27/h2-7H,1H3,(H,26,27). The molecular formula is C17H10Cl2F3N3O2. The first-order valence-electron chi connectivity index (χ1n) is 7.41. The van der Waals surface area contributed by atoms with E-state index in [1.807, 2.05) is 0 Å². The van der Waals surface area contributed by atoms with E-state index >= 15 is 0 Å². The minimum Gasteiger partial charge on any atom is -0.478 e. The number of carboxylic acids is 1. The van der Waals surface area contributed by atoms with Gasteiger partial charge in [0.15, 0.2) is 11.5 Å². The van der Waals surface area contributed by atoms with Gasteiger partial charge in [-0.3, -0.25) is 0 Å². The van der Waals surface area contributed by atoms with Crippen LogP contribution in [0.4, 0.5) is 13.2 Å². The maximum absolute atomic E-state index is 13.4. The molecule has 0 atom stereocenters. The van der Waals surface area contributed by atoms with Crippen LogP contribution < -0.4 is 0 Å². The number of carbonyl (C=O) groups is 1. The van der Waals surface area contributed by atoms with Crippen LogP contribution in [0.1, 0.15) is 21.6 Å². The van der Waals surface area contributed by atoms with Crippen molar-refractivity contribution in [2.75, 3.05) is 0 Å². The molecule has 0 saturated heterocycles. The second-order valence-corrected chi connectivity index (χ2v) is 6.45. The van der Waals surface area contributed by atoms with Crippen LogP contribution in [0.2, 0.25) is 10.0 Å². The summed E-state index contributed by atoms with van der Waals surface area (Å²) in [7, 11) is 0. The van der Waals surface area contributed by atoms with Crippen molar-refractivity contribution in [3.05, 3.63) is 63.4 Å². The molecule has 1 aromatic carbocycles. The lowest BCUT2D eigenvalue weighted by molar-refractivity contribution is -0.143. The molecule has 3 rings (SSSR count). The summed E-state index contributed by atoms with van der Waals surface area (Å²) < 4.78 is 40.7. The Morgan fingerprint density at radius 2 is 1.85 bits per heavy atom. The zero-order chi connectivity index (χ0) is 19.9. The van der Waals surface area contributed by atoms with Gasteiger partial charge in [0.25, 0.3) is 0 Å². The van der Waals surface area contributed by atoms with Crippen LogP contribution in [0.3, 0.4) is 0 Å². The Hall–Kier alpha value is -2.58. The Bertz CT molecular complexity index is 1050. The summed E-state index contributed by atoms with van der Waals surface area (Å²) in [6.07, 6.45) is -4.28. The number of pyridine rings is 1. The smallest absolute Gasteiger partial charge is 0.434 e. The van der Waals surface area contributed by atoms with Crippen LogP contribution >= 0.6 is 23.2 Å². The van der Waals surface area contributed by atoms with Gasteiger partial charge in [-0.2, -0.15) is 18.3 Å². The van der Waals surface area contributed by atoms with Crippen molar-refractivity contribution < 1.29 is 23.1 Å². The van der Waals surface area contributed by atoms with E-state index in [-0.39, 0.29) is 10.8 Å². The Morgan fingerprint density at radius 3 is 2.44 bits per heavy atom. The Kier molecular flexibility index (Phi) is 4.88. The van der Waals surface area contributed by atoms with Crippen molar-refractivity contribution in [2.45, 2.75) is 13.1 Å². The van der Waals surface area contributed by atoms with Crippen LogP contribution in [-0.4, -0.2) is 25.8 Å². The zero-order valence-electron chi connectivity index (χ0n) is 13.6. The molecule has 140 valence electrons. The average molecular weight is 416 g/mol. The number of hydrogen-bond donors (Lipinski definition) is 1. The second kappa shape index (κ2) is 6.86. The SMILES string of the molecule is Cc1cc(-c2ccc(Cl)c(Cl)c2)nc(-n2ncc(C(=O)O)c2C(F)(F)F)c1. The summed E-state index contributed by atoms with van der Waals surface area (Å²) in [5.41, 5.74) is -0.894. The molecule has 1 N–H and O–H groups in total. The number of aromatic carboxylic acids is 1. The van der Waals surface area contributed by atoms with Crippen molar-refractivity contribution in [1.29, 1.82) is 0 Å². The summed E-state index contributed by atoms with van der Waals surface area (Å²) in [4.78, 5) is 15.3. The van der Waals surface area contributed by atoms with Crippen molar-refractivity contribution in [1.82, 2.24) is 14.8 Å². The molecular weight excluding hydrogens is 406 g/mol. The fourth-order valence-corrected chi connectivity index (χ4v) is 2.81. The van der Waals surface area contributed by atoms with Crippen LogP contribution in [0.5, 0.6) is 0 Å². The minimum atomic E-state index is -4.93. The third-order valence-corrected chi connectivity index (χ3v) is 4.40. The molecule has 0 bridgehead atoms. The van der Waals surface area contributed by atoms with Crippen LogP contribution in [0.15, 0.2) is 36.5 Å². The molecule has 0 aliphatic rings. The first-order chi connectivity index (χ1) is 12.6. The van der Waals surface area contributed by atoms with E-state index in [9.17, 15) is 18.0 Å². The number of halogens is 5. The lowest BCUT2D eigenvalue weighted by Crippen LogP contribution is -2.18. The molecule has 0 aliphatic heterocycles. The van der Waals surface area contributed by atoms with E-state index in [1.165, 1.54) is 12.1 Å². The van der Waals surface area contributed by atoms with Gasteiger partial charge in [0.2, 0.25) is 0 Å². The van der Waals surface area contributed by atoms with Crippen LogP contribution in [0.25, 0.3) is 17.1 Å². The highest BCUT2D eigenvalue weighted by atomic mass is 35.5. The maximum atomic E-state index is 13.4. The molecule has 2 heterocycles. The van der Waals surface area contributed by atoms with Gasteiger partial charge in [0.05, 0.1) is 21.9 Å². The fraction of sp³-hybridized carbons (Fsp3) is 0.118. The summed E-state index contributed by atoms with van der Waals surface area (Å²) >= 11 is 11.9. The second-order valence-electron chi connectivity index (χ2n) is 5.64. The van der Waals surface area contributed by atoms with Gasteiger partial charge in [-0.1, -0.05) is 29.3 Å². The summed E-state index contributed by atoms with van der Waals surface area (Å²) in [5, 5.41) is 13.2. The normalized spacial score (nSPS) is 11.6. The van der Waals surface area contributed by atoms with Gasteiger partial charge in [-0.05, 0) is 36.8 Å². The molecule has 5 nitrogen and oxygen atoms in total. The predicted octanol–water partition coefficient (Wildman–Crippen LogP) is 5.27. The van der Waals surface area contributed by atoms with E-state index in [4.69, 9.17) is 28.3 Å². The lowest BCUT2D eigenvalue weighted by atomic mass is 10.1. The van der Waals surface area contributed by atoms with Gasteiger partial charge in [-0.25, -0.2) is 14.5 Å². The van der Waals surface area contributed by atoms with E-state index in [2.05, 4.69) is 10.1 Å². The van der Waals surface area contributed by atoms with E-state index in [1.54, 1.807) is 25.1 Å². The molecule has 10 heteroatoms. The molecule has 27 heavy (non-hydrogen) atoms. The summed E-state index contributed by atoms with van der Waals surface area (Å²) in [6.45, 7) is 1.67. The van der Waals surface area contributed by atoms with E-state index in [0.717, 1.165) is 0 Å². The van der Waals surface area contributed by atoms with Crippen molar-refractivity contribution in [2.24, 2.45) is 0 Å². The molecule has 0 aliphatic carbocycles. The van der Waals surface area contributed by atoms with Gasteiger partial charge in [-0.15, -0.1) is 0 Å². The van der Waals surface area contributed by atoms with Crippen LogP contribution in [0, 0.1) is 6.92 Å². The number of alkyl halides is 3. The first kappa shape index (κ1) is 19.2. The van der Waals surface area contributed by atoms with Gasteiger partial charge in [0, 0.05) is 5.56 Å². The molecule has 0 saturated carbocycles. The number of aromatic nitrogens is 3. The molecule has 0 spiro atoms.